The lowest BCUT2D eigenvalue weighted by molar-refractivity contribution is 0.0857. The van der Waals surface area contributed by atoms with Crippen molar-refractivity contribution in [3.05, 3.63) is 107 Å². The fraction of sp³-hybridized carbons (Fsp3) is 0.268. The van der Waals surface area contributed by atoms with Crippen molar-refractivity contribution in [1.29, 1.82) is 0 Å². The molecule has 4 aromatic carbocycles. The Balaban J connectivity index is 1.20. The number of nitrogens with two attached hydrogens (primary N) is 2. The van der Waals surface area contributed by atoms with Gasteiger partial charge >= 0.3 is 0 Å². The van der Waals surface area contributed by atoms with Gasteiger partial charge in [-0.25, -0.2) is 19.9 Å². The molecule has 0 spiro atoms. The third-order valence-corrected chi connectivity index (χ3v) is 10.2. The zero-order valence-electron chi connectivity index (χ0n) is 29.0. The number of hydrogen-bond acceptors (Lipinski definition) is 9. The van der Waals surface area contributed by atoms with Crippen molar-refractivity contribution in [3.8, 4) is 22.3 Å². The molecule has 0 radical (unpaired) electrons. The van der Waals surface area contributed by atoms with Gasteiger partial charge in [-0.3, -0.25) is 9.59 Å². The molecule has 1 saturated carbocycles. The second-order valence-corrected chi connectivity index (χ2v) is 13.9. The zero-order chi connectivity index (χ0) is 35.8. The number of ether oxygens (including phenoxy) is 1. The fourth-order valence-corrected chi connectivity index (χ4v) is 6.99. The lowest BCUT2D eigenvalue weighted by Crippen LogP contribution is -2.31. The highest BCUT2D eigenvalue weighted by atomic mass is 16.5. The largest absolute Gasteiger partial charge is 0.383 e. The minimum atomic E-state index is -0.145. The Morgan fingerprint density at radius 1 is 0.731 bits per heavy atom. The number of hydrogen-bond donors (Lipinski definition) is 4. The normalized spacial score (nSPS) is 15.6. The number of nitrogens with zero attached hydrogens (tertiary/aromatic N) is 4. The van der Waals surface area contributed by atoms with Gasteiger partial charge in [-0.05, 0) is 126 Å². The second-order valence-electron chi connectivity index (χ2n) is 13.9. The van der Waals surface area contributed by atoms with Gasteiger partial charge in [0.05, 0.1) is 17.1 Å². The molecule has 6 N–H and O–H groups in total. The van der Waals surface area contributed by atoms with Crippen LogP contribution in [0.1, 0.15) is 63.1 Å². The summed E-state index contributed by atoms with van der Waals surface area (Å²) in [6.07, 6.45) is 7.72. The van der Waals surface area contributed by atoms with E-state index in [1.165, 1.54) is 12.7 Å². The molecular weight excluding hydrogens is 653 g/mol. The Bertz CT molecular complexity index is 2350. The van der Waals surface area contributed by atoms with Crippen LogP contribution in [0.3, 0.4) is 0 Å². The molecule has 52 heavy (non-hydrogen) atoms. The summed E-state index contributed by atoms with van der Waals surface area (Å²) in [5.41, 5.74) is 21.8. The Hall–Kier alpha value is -5.94. The average molecular weight is 693 g/mol. The van der Waals surface area contributed by atoms with Crippen LogP contribution in [0, 0.1) is 12.8 Å². The molecule has 1 atom stereocenters. The molecule has 11 nitrogen and oxygen atoms in total. The molecule has 2 fully saturated rings. The Kier molecular flexibility index (Phi) is 8.94. The van der Waals surface area contributed by atoms with Crippen LogP contribution < -0.4 is 22.1 Å². The summed E-state index contributed by atoms with van der Waals surface area (Å²) < 4.78 is 5.70. The van der Waals surface area contributed by atoms with Crippen molar-refractivity contribution < 1.29 is 14.3 Å². The van der Waals surface area contributed by atoms with E-state index in [1.807, 2.05) is 67.6 Å². The molecule has 1 aliphatic heterocycles. The SMILES string of the molecule is Cc1ccc(C(=O)NCC2CCCO2)cc1-c1cc(Cc2ccc(C(=O)NCC3CC3)cc2-c2ccc3ncnc(N)c3c2)c2ncnc(N)c2c1. The fourth-order valence-electron chi connectivity index (χ4n) is 6.99. The summed E-state index contributed by atoms with van der Waals surface area (Å²) in [6.45, 7) is 3.92. The second kappa shape index (κ2) is 14.0. The minimum absolute atomic E-state index is 0.0521. The topological polar surface area (TPSA) is 171 Å². The van der Waals surface area contributed by atoms with Crippen molar-refractivity contribution in [2.75, 3.05) is 31.2 Å². The quantitative estimate of drug-likeness (QED) is 0.134. The van der Waals surface area contributed by atoms with E-state index < -0.39 is 0 Å². The average Bonchev–Trinajstić information content (AvgIpc) is 3.85. The first-order valence-corrected chi connectivity index (χ1v) is 17.8. The summed E-state index contributed by atoms with van der Waals surface area (Å²) in [6, 6.07) is 21.5. The maximum absolute atomic E-state index is 13.3. The highest BCUT2D eigenvalue weighted by Gasteiger charge is 2.23. The van der Waals surface area contributed by atoms with Crippen LogP contribution in [0.2, 0.25) is 0 Å². The van der Waals surface area contributed by atoms with Gasteiger partial charge in [-0.1, -0.05) is 18.2 Å². The van der Waals surface area contributed by atoms with Gasteiger partial charge in [0.15, 0.2) is 0 Å². The number of carbonyl (C=O) groups excluding carboxylic acids is 2. The molecular formula is C41H40N8O3. The van der Waals surface area contributed by atoms with Crippen LogP contribution in [0.15, 0.2) is 79.4 Å². The predicted molar refractivity (Wildman–Crippen MR) is 203 cm³/mol. The lowest BCUT2D eigenvalue weighted by atomic mass is 9.89. The van der Waals surface area contributed by atoms with E-state index in [2.05, 4.69) is 36.6 Å². The van der Waals surface area contributed by atoms with Crippen LogP contribution in [-0.2, 0) is 11.2 Å². The molecule has 11 heteroatoms. The summed E-state index contributed by atoms with van der Waals surface area (Å²) in [5, 5.41) is 7.59. The van der Waals surface area contributed by atoms with Crippen LogP contribution in [0.25, 0.3) is 44.1 Å². The van der Waals surface area contributed by atoms with Gasteiger partial charge < -0.3 is 26.8 Å². The molecule has 1 saturated heterocycles. The first-order chi connectivity index (χ1) is 25.3. The molecule has 8 rings (SSSR count). The number of nitrogens with one attached hydrogen (secondary N) is 2. The number of carbonyl (C=O) groups is 2. The van der Waals surface area contributed by atoms with Crippen molar-refractivity contribution in [1.82, 2.24) is 30.6 Å². The maximum atomic E-state index is 13.3. The summed E-state index contributed by atoms with van der Waals surface area (Å²) >= 11 is 0. The number of aryl methyl sites for hydroxylation is 1. The number of amides is 2. The lowest BCUT2D eigenvalue weighted by Gasteiger charge is -2.17. The molecule has 0 bridgehead atoms. The first-order valence-electron chi connectivity index (χ1n) is 17.8. The smallest absolute Gasteiger partial charge is 0.251 e. The van der Waals surface area contributed by atoms with E-state index in [4.69, 9.17) is 16.2 Å². The Morgan fingerprint density at radius 3 is 2.21 bits per heavy atom. The van der Waals surface area contributed by atoms with Crippen molar-refractivity contribution in [3.63, 3.8) is 0 Å². The molecule has 2 amide bonds. The number of anilines is 2. The van der Waals surface area contributed by atoms with Crippen molar-refractivity contribution >= 4 is 45.3 Å². The van der Waals surface area contributed by atoms with E-state index in [9.17, 15) is 9.59 Å². The van der Waals surface area contributed by atoms with Crippen LogP contribution in [0.5, 0.6) is 0 Å². The Morgan fingerprint density at radius 2 is 1.44 bits per heavy atom. The molecule has 2 aliphatic rings. The van der Waals surface area contributed by atoms with E-state index >= 15 is 0 Å². The predicted octanol–water partition coefficient (Wildman–Crippen LogP) is 6.02. The van der Waals surface area contributed by atoms with E-state index in [-0.39, 0.29) is 17.9 Å². The molecule has 2 aromatic heterocycles. The number of benzene rings is 4. The number of aromatic nitrogens is 4. The van der Waals surface area contributed by atoms with E-state index in [0.29, 0.717) is 48.2 Å². The molecule has 3 heterocycles. The number of rotatable bonds is 10. The monoisotopic (exact) mass is 692 g/mol. The van der Waals surface area contributed by atoms with E-state index in [0.717, 1.165) is 93.0 Å². The van der Waals surface area contributed by atoms with Crippen LogP contribution in [-0.4, -0.2) is 57.6 Å². The van der Waals surface area contributed by atoms with Crippen molar-refractivity contribution in [2.45, 2.75) is 45.1 Å². The van der Waals surface area contributed by atoms with E-state index in [1.54, 1.807) is 0 Å². The molecule has 262 valence electrons. The third kappa shape index (κ3) is 6.87. The van der Waals surface area contributed by atoms with Crippen LogP contribution >= 0.6 is 0 Å². The number of fused-ring (bicyclic) bond motifs is 2. The summed E-state index contributed by atoms with van der Waals surface area (Å²) in [4.78, 5) is 44.1. The van der Waals surface area contributed by atoms with Crippen LogP contribution in [0.4, 0.5) is 11.6 Å². The molecule has 1 aliphatic carbocycles. The summed E-state index contributed by atoms with van der Waals surface area (Å²) in [5.74, 6) is 1.06. The van der Waals surface area contributed by atoms with Gasteiger partial charge in [-0.15, -0.1) is 0 Å². The Labute approximate surface area is 301 Å². The molecule has 1 unspecified atom stereocenters. The molecule has 6 aromatic rings. The summed E-state index contributed by atoms with van der Waals surface area (Å²) in [7, 11) is 0. The maximum Gasteiger partial charge on any atom is 0.251 e. The van der Waals surface area contributed by atoms with Crippen molar-refractivity contribution in [2.24, 2.45) is 5.92 Å². The van der Waals surface area contributed by atoms with Gasteiger partial charge in [-0.2, -0.15) is 0 Å². The van der Waals surface area contributed by atoms with Gasteiger partial charge in [0, 0.05) is 48.0 Å². The van der Waals surface area contributed by atoms with Gasteiger partial charge in [0.2, 0.25) is 0 Å². The third-order valence-electron chi connectivity index (χ3n) is 10.2. The highest BCUT2D eigenvalue weighted by Crippen LogP contribution is 2.36. The minimum Gasteiger partial charge on any atom is -0.383 e. The van der Waals surface area contributed by atoms with Gasteiger partial charge in [0.1, 0.15) is 24.3 Å². The zero-order valence-corrected chi connectivity index (χ0v) is 29.0. The standard InChI is InChI=1S/C41H40N8O3/c1-23-4-7-27(41(51)45-20-31-3-2-12-52-31)16-32(23)29-14-30(37-35(18-29)39(43)49-22-47-37)13-25-8-9-28(40(50)44-19-24-5-6-24)17-33(25)26-10-11-36-34(15-26)38(42)48-21-46-36/h4,7-11,14-18,21-22,24,31H,2-3,5-6,12-13,19-20H2,1H3,(H,44,50)(H,45,51)(H2,42,46,48)(H2,43,47,49). The first kappa shape index (κ1) is 33.2. The van der Waals surface area contributed by atoms with Gasteiger partial charge in [0.25, 0.3) is 11.8 Å². The highest BCUT2D eigenvalue weighted by molar-refractivity contribution is 5.99. The number of nitrogen functional groups attached to an aromatic ring is 2.